The number of nitriles is 1. The zero-order valence-corrected chi connectivity index (χ0v) is 26.4. The number of aliphatic hydroxyl groups is 1. The number of rotatable bonds is 9. The van der Waals surface area contributed by atoms with Crippen molar-refractivity contribution in [3.63, 3.8) is 0 Å². The van der Waals surface area contributed by atoms with E-state index in [0.29, 0.717) is 17.3 Å². The molecule has 0 bridgehead atoms. The molecule has 0 spiro atoms. The van der Waals surface area contributed by atoms with Crippen LogP contribution in [-0.4, -0.2) is 76.3 Å². The zero-order valence-electron chi connectivity index (χ0n) is 25.6. The Balaban J connectivity index is 1.21. The largest absolute Gasteiger partial charge is 0.393 e. The van der Waals surface area contributed by atoms with E-state index in [0.717, 1.165) is 85.8 Å². The minimum atomic E-state index is -0.185. The molecule has 2 aliphatic heterocycles. The van der Waals surface area contributed by atoms with Gasteiger partial charge < -0.3 is 15.2 Å². The Hall–Kier alpha value is -3.60. The Morgan fingerprint density at radius 1 is 1.14 bits per heavy atom. The van der Waals surface area contributed by atoms with E-state index in [1.54, 1.807) is 22.5 Å². The lowest BCUT2D eigenvalue weighted by molar-refractivity contribution is 0.0342. The number of para-hydroxylation sites is 1. The molecule has 11 nitrogen and oxygen atoms in total. The molecule has 4 heterocycles. The zero-order chi connectivity index (χ0) is 30.6. The summed E-state index contributed by atoms with van der Waals surface area (Å²) in [5, 5.41) is 32.5. The smallest absolute Gasteiger partial charge is 0.185 e. The minimum absolute atomic E-state index is 0.132. The third kappa shape index (κ3) is 6.87. The van der Waals surface area contributed by atoms with Crippen LogP contribution in [-0.2, 0) is 11.3 Å². The van der Waals surface area contributed by atoms with Gasteiger partial charge in [-0.2, -0.15) is 10.4 Å². The number of hydrogen-bond acceptors (Lipinski definition) is 12. The number of anilines is 2. The second-order valence-corrected chi connectivity index (χ2v) is 13.0. The number of morpholine rings is 1. The van der Waals surface area contributed by atoms with Gasteiger partial charge in [0.1, 0.15) is 11.9 Å². The predicted molar refractivity (Wildman–Crippen MR) is 172 cm³/mol. The number of pyridine rings is 1. The summed E-state index contributed by atoms with van der Waals surface area (Å²) >= 11 is 1.63. The van der Waals surface area contributed by atoms with Crippen LogP contribution >= 0.6 is 11.3 Å². The predicted octanol–water partition coefficient (Wildman–Crippen LogP) is 4.40. The maximum absolute atomic E-state index is 9.99. The summed E-state index contributed by atoms with van der Waals surface area (Å²) in [6.07, 6.45) is 5.26. The minimum Gasteiger partial charge on any atom is -0.393 e. The molecule has 2 atom stereocenters. The van der Waals surface area contributed by atoms with Gasteiger partial charge in [-0.3, -0.25) is 9.91 Å². The number of nitrogens with zero attached hydrogens (tertiary/aromatic N) is 7. The quantitative estimate of drug-likeness (QED) is 0.319. The number of ether oxygens (including phenoxy) is 1. The first-order valence-electron chi connectivity index (χ1n) is 15.5. The van der Waals surface area contributed by atoms with E-state index >= 15 is 0 Å². The van der Waals surface area contributed by atoms with E-state index in [9.17, 15) is 10.4 Å². The van der Waals surface area contributed by atoms with Crippen molar-refractivity contribution in [2.75, 3.05) is 43.8 Å². The summed E-state index contributed by atoms with van der Waals surface area (Å²) < 4.78 is 5.57. The Morgan fingerprint density at radius 3 is 2.68 bits per heavy atom. The van der Waals surface area contributed by atoms with Crippen LogP contribution in [0.5, 0.6) is 0 Å². The highest BCUT2D eigenvalue weighted by Crippen LogP contribution is 2.36. The first-order chi connectivity index (χ1) is 21.4. The highest BCUT2D eigenvalue weighted by Gasteiger charge is 2.28. The van der Waals surface area contributed by atoms with E-state index < -0.39 is 0 Å². The van der Waals surface area contributed by atoms with Crippen LogP contribution in [0.4, 0.5) is 11.5 Å². The average Bonchev–Trinajstić information content (AvgIpc) is 3.69. The molecule has 1 aliphatic carbocycles. The van der Waals surface area contributed by atoms with Crippen LogP contribution in [0, 0.1) is 11.3 Å². The monoisotopic (exact) mass is 615 g/mol. The van der Waals surface area contributed by atoms with Crippen LogP contribution in [0.25, 0.3) is 0 Å². The fourth-order valence-electron chi connectivity index (χ4n) is 5.98. The van der Waals surface area contributed by atoms with Gasteiger partial charge in [0.05, 0.1) is 40.5 Å². The maximum atomic E-state index is 9.99. The SMILES string of the molecule is CC(c1cc(CN2CCOCC2)cc(NC2CCC(O)CC2)n1)C(C)c1ncc(C2=NN(c3ccccc3C#N)NN2C)s1. The van der Waals surface area contributed by atoms with Crippen molar-refractivity contribution in [3.8, 4) is 6.07 Å². The molecule has 1 saturated heterocycles. The van der Waals surface area contributed by atoms with Crippen molar-refractivity contribution < 1.29 is 9.84 Å². The molecule has 3 aliphatic rings. The highest BCUT2D eigenvalue weighted by atomic mass is 32.1. The summed E-state index contributed by atoms with van der Waals surface area (Å²) in [6.45, 7) is 8.71. The van der Waals surface area contributed by atoms with Gasteiger partial charge in [0.15, 0.2) is 5.84 Å². The number of benzene rings is 1. The third-order valence-corrected chi connectivity index (χ3v) is 10.0. The van der Waals surface area contributed by atoms with E-state index in [4.69, 9.17) is 19.8 Å². The molecule has 2 fully saturated rings. The molecule has 0 amide bonds. The Morgan fingerprint density at radius 2 is 1.91 bits per heavy atom. The van der Waals surface area contributed by atoms with Gasteiger partial charge in [0.25, 0.3) is 0 Å². The molecule has 6 rings (SSSR count). The number of aromatic nitrogens is 2. The van der Waals surface area contributed by atoms with Crippen LogP contribution < -0.4 is 16.0 Å². The van der Waals surface area contributed by atoms with Crippen molar-refractivity contribution in [1.82, 2.24) is 25.4 Å². The first kappa shape index (κ1) is 30.4. The second kappa shape index (κ2) is 13.6. The van der Waals surface area contributed by atoms with Crippen molar-refractivity contribution in [3.05, 3.63) is 69.3 Å². The lowest BCUT2D eigenvalue weighted by Gasteiger charge is -2.29. The summed E-state index contributed by atoms with van der Waals surface area (Å²) in [7, 11) is 1.91. The van der Waals surface area contributed by atoms with Crippen molar-refractivity contribution in [2.45, 2.75) is 70.1 Å². The van der Waals surface area contributed by atoms with Gasteiger partial charge in [-0.1, -0.05) is 26.0 Å². The van der Waals surface area contributed by atoms with Crippen LogP contribution in [0.15, 0.2) is 47.7 Å². The normalized spacial score (nSPS) is 22.4. The molecule has 2 unspecified atom stereocenters. The van der Waals surface area contributed by atoms with Gasteiger partial charge in [-0.15, -0.1) is 22.0 Å². The number of amidine groups is 1. The van der Waals surface area contributed by atoms with E-state index in [1.807, 2.05) is 36.5 Å². The molecule has 2 aromatic heterocycles. The number of hydrogen-bond donors (Lipinski definition) is 3. The van der Waals surface area contributed by atoms with Gasteiger partial charge in [0, 0.05) is 56.5 Å². The van der Waals surface area contributed by atoms with Gasteiger partial charge in [0.2, 0.25) is 0 Å². The molecule has 232 valence electrons. The average molecular weight is 616 g/mol. The van der Waals surface area contributed by atoms with Gasteiger partial charge in [-0.05, 0) is 55.5 Å². The summed E-state index contributed by atoms with van der Waals surface area (Å²) in [5.41, 5.74) is 6.75. The summed E-state index contributed by atoms with van der Waals surface area (Å²) in [4.78, 5) is 13.3. The summed E-state index contributed by atoms with van der Waals surface area (Å²) in [5.74, 6) is 1.92. The highest BCUT2D eigenvalue weighted by molar-refractivity contribution is 7.13. The van der Waals surface area contributed by atoms with E-state index in [-0.39, 0.29) is 17.9 Å². The van der Waals surface area contributed by atoms with Gasteiger partial charge in [-0.25, -0.2) is 9.97 Å². The standard InChI is InChI=1S/C32H41N9O2S/c1-21(22(2)32-34-19-29(44-32)31-37-41(38-39(31)3)28-7-5-4-6-24(28)18-33)27-16-23(20-40-12-14-43-15-13-40)17-30(36-27)35-25-8-10-26(42)11-9-25/h4-7,16-17,19,21-22,25-26,38,42H,8-15,20H2,1-3H3,(H,35,36). The fourth-order valence-corrected chi connectivity index (χ4v) is 7.07. The number of hydrazone groups is 1. The molecule has 1 saturated carbocycles. The molecular weight excluding hydrogens is 574 g/mol. The molecule has 3 N–H and O–H groups in total. The molecule has 44 heavy (non-hydrogen) atoms. The Labute approximate surface area is 263 Å². The van der Waals surface area contributed by atoms with Crippen molar-refractivity contribution in [2.24, 2.45) is 5.10 Å². The van der Waals surface area contributed by atoms with Crippen molar-refractivity contribution >= 4 is 28.7 Å². The number of hydrazine groups is 2. The van der Waals surface area contributed by atoms with Gasteiger partial charge >= 0.3 is 0 Å². The topological polar surface area (TPSA) is 125 Å². The molecule has 0 radical (unpaired) electrons. The van der Waals surface area contributed by atoms with Crippen LogP contribution in [0.1, 0.15) is 78.1 Å². The van der Waals surface area contributed by atoms with Crippen LogP contribution in [0.3, 0.4) is 0 Å². The summed E-state index contributed by atoms with van der Waals surface area (Å²) in [6, 6.07) is 14.4. The molecule has 1 aromatic carbocycles. The van der Waals surface area contributed by atoms with Crippen molar-refractivity contribution in [1.29, 1.82) is 5.26 Å². The van der Waals surface area contributed by atoms with E-state index in [2.05, 4.69) is 47.8 Å². The number of thiazole rings is 1. The number of nitrogens with one attached hydrogen (secondary N) is 2. The number of aliphatic hydroxyl groups excluding tert-OH is 1. The molecule has 12 heteroatoms. The Bertz CT molecular complexity index is 1510. The third-order valence-electron chi connectivity index (χ3n) is 8.82. The second-order valence-electron chi connectivity index (χ2n) is 12.0. The Kier molecular flexibility index (Phi) is 9.39. The lowest BCUT2D eigenvalue weighted by Crippen LogP contribution is -2.40. The lowest BCUT2D eigenvalue weighted by atomic mass is 9.91. The maximum Gasteiger partial charge on any atom is 0.185 e. The molecular formula is C32H41N9O2S. The van der Waals surface area contributed by atoms with Crippen LogP contribution in [0.2, 0.25) is 0 Å². The molecule has 3 aromatic rings. The van der Waals surface area contributed by atoms with E-state index in [1.165, 1.54) is 5.56 Å². The fraction of sp³-hybridized carbons (Fsp3) is 0.500. The first-order valence-corrected chi connectivity index (χ1v) is 16.3.